The highest BCUT2D eigenvalue weighted by atomic mass is 32.1. The Hall–Kier alpha value is -1.43. The lowest BCUT2D eigenvalue weighted by Gasteiger charge is -1.98. The molecule has 2 rings (SSSR count). The molecule has 0 aliphatic carbocycles. The van der Waals surface area contributed by atoms with Gasteiger partial charge in [0.05, 0.1) is 12.1 Å². The van der Waals surface area contributed by atoms with Crippen LogP contribution in [0.5, 0.6) is 0 Å². The van der Waals surface area contributed by atoms with Crippen LogP contribution in [0.1, 0.15) is 37.7 Å². The zero-order valence-corrected chi connectivity index (χ0v) is 10.8. The number of nitrogens with two attached hydrogens (primary N) is 1. The van der Waals surface area contributed by atoms with Crippen LogP contribution in [0.25, 0.3) is 0 Å². The summed E-state index contributed by atoms with van der Waals surface area (Å²) in [6.45, 7) is 4.36. The van der Waals surface area contributed by atoms with Crippen LogP contribution < -0.4 is 5.73 Å². The van der Waals surface area contributed by atoms with E-state index in [0.717, 1.165) is 24.4 Å². The SMILES string of the molecule is CC(C)CCc1noc(Cc2csc(N)n2)n1. The van der Waals surface area contributed by atoms with Crippen molar-refractivity contribution in [3.63, 3.8) is 0 Å². The molecular formula is C11H16N4OS. The summed E-state index contributed by atoms with van der Waals surface area (Å²) in [5, 5.41) is 6.43. The molecule has 0 atom stereocenters. The van der Waals surface area contributed by atoms with Crippen molar-refractivity contribution in [3.05, 3.63) is 22.8 Å². The number of anilines is 1. The quantitative estimate of drug-likeness (QED) is 0.883. The summed E-state index contributed by atoms with van der Waals surface area (Å²) in [4.78, 5) is 8.49. The Morgan fingerprint density at radius 2 is 2.24 bits per heavy atom. The molecule has 0 aliphatic heterocycles. The van der Waals surface area contributed by atoms with E-state index in [2.05, 4.69) is 29.0 Å². The predicted molar refractivity (Wildman–Crippen MR) is 66.8 cm³/mol. The zero-order chi connectivity index (χ0) is 12.3. The maximum absolute atomic E-state index is 5.56. The van der Waals surface area contributed by atoms with Crippen LogP contribution >= 0.6 is 11.3 Å². The maximum Gasteiger partial charge on any atom is 0.232 e. The molecule has 17 heavy (non-hydrogen) atoms. The number of thiazole rings is 1. The molecule has 2 aromatic rings. The third-order valence-corrected chi connectivity index (χ3v) is 3.08. The molecule has 0 spiro atoms. The van der Waals surface area contributed by atoms with Gasteiger partial charge >= 0.3 is 0 Å². The number of rotatable bonds is 5. The summed E-state index contributed by atoms with van der Waals surface area (Å²) < 4.78 is 5.17. The average Bonchev–Trinajstić information content (AvgIpc) is 2.86. The minimum absolute atomic E-state index is 0.558. The lowest BCUT2D eigenvalue weighted by molar-refractivity contribution is 0.377. The van der Waals surface area contributed by atoms with Crippen molar-refractivity contribution < 1.29 is 4.52 Å². The van der Waals surface area contributed by atoms with Gasteiger partial charge in [0.2, 0.25) is 5.89 Å². The molecule has 0 saturated carbocycles. The fourth-order valence-corrected chi connectivity index (χ4v) is 2.00. The minimum Gasteiger partial charge on any atom is -0.375 e. The smallest absolute Gasteiger partial charge is 0.232 e. The Kier molecular flexibility index (Phi) is 3.73. The molecule has 0 amide bonds. The molecule has 5 nitrogen and oxygen atoms in total. The predicted octanol–water partition coefficient (Wildman–Crippen LogP) is 2.29. The number of hydrogen-bond acceptors (Lipinski definition) is 6. The first kappa shape index (κ1) is 12.0. The van der Waals surface area contributed by atoms with E-state index in [9.17, 15) is 0 Å². The molecule has 2 N–H and O–H groups in total. The summed E-state index contributed by atoms with van der Waals surface area (Å²) in [6.07, 6.45) is 2.49. The van der Waals surface area contributed by atoms with Gasteiger partial charge in [0.15, 0.2) is 11.0 Å². The van der Waals surface area contributed by atoms with E-state index in [0.29, 0.717) is 23.4 Å². The van der Waals surface area contributed by atoms with Crippen LogP contribution in [-0.2, 0) is 12.8 Å². The van der Waals surface area contributed by atoms with E-state index >= 15 is 0 Å². The van der Waals surface area contributed by atoms with Crippen LogP contribution in [0.15, 0.2) is 9.90 Å². The molecule has 0 bridgehead atoms. The van der Waals surface area contributed by atoms with Crippen molar-refractivity contribution in [3.8, 4) is 0 Å². The van der Waals surface area contributed by atoms with Crippen molar-refractivity contribution in [1.29, 1.82) is 0 Å². The van der Waals surface area contributed by atoms with E-state index in [-0.39, 0.29) is 0 Å². The van der Waals surface area contributed by atoms with E-state index in [1.165, 1.54) is 11.3 Å². The van der Waals surface area contributed by atoms with E-state index in [1.54, 1.807) is 0 Å². The Bertz CT molecular complexity index is 477. The monoisotopic (exact) mass is 252 g/mol. The second-order valence-electron chi connectivity index (χ2n) is 4.39. The van der Waals surface area contributed by atoms with Crippen LogP contribution in [-0.4, -0.2) is 15.1 Å². The van der Waals surface area contributed by atoms with Crippen molar-refractivity contribution >= 4 is 16.5 Å². The zero-order valence-electron chi connectivity index (χ0n) is 10.0. The molecule has 0 aromatic carbocycles. The number of nitrogen functional groups attached to an aromatic ring is 1. The Morgan fingerprint density at radius 1 is 1.41 bits per heavy atom. The van der Waals surface area contributed by atoms with Crippen molar-refractivity contribution in [2.75, 3.05) is 5.73 Å². The third kappa shape index (κ3) is 3.52. The van der Waals surface area contributed by atoms with Gasteiger partial charge in [-0.1, -0.05) is 19.0 Å². The molecule has 0 radical (unpaired) electrons. The van der Waals surface area contributed by atoms with E-state index < -0.39 is 0 Å². The molecule has 0 aliphatic rings. The molecule has 2 aromatic heterocycles. The van der Waals surface area contributed by atoms with Crippen molar-refractivity contribution in [2.24, 2.45) is 5.92 Å². The van der Waals surface area contributed by atoms with Gasteiger partial charge in [-0.25, -0.2) is 4.98 Å². The van der Waals surface area contributed by atoms with Crippen molar-refractivity contribution in [1.82, 2.24) is 15.1 Å². The first-order valence-electron chi connectivity index (χ1n) is 5.65. The summed E-state index contributed by atoms with van der Waals surface area (Å²) in [7, 11) is 0. The molecule has 0 saturated heterocycles. The van der Waals surface area contributed by atoms with Crippen LogP contribution in [0.2, 0.25) is 0 Å². The lowest BCUT2D eigenvalue weighted by atomic mass is 10.1. The van der Waals surface area contributed by atoms with E-state index in [4.69, 9.17) is 10.3 Å². The van der Waals surface area contributed by atoms with Gasteiger partial charge in [-0.2, -0.15) is 4.98 Å². The highest BCUT2D eigenvalue weighted by molar-refractivity contribution is 7.13. The second-order valence-corrected chi connectivity index (χ2v) is 5.28. The Balaban J connectivity index is 1.94. The molecule has 6 heteroatoms. The van der Waals surface area contributed by atoms with Gasteiger partial charge in [-0.15, -0.1) is 11.3 Å². The van der Waals surface area contributed by atoms with Crippen LogP contribution in [0.4, 0.5) is 5.13 Å². The summed E-state index contributed by atoms with van der Waals surface area (Å²) >= 11 is 1.42. The lowest BCUT2D eigenvalue weighted by Crippen LogP contribution is -1.95. The molecule has 2 heterocycles. The summed E-state index contributed by atoms with van der Waals surface area (Å²) in [6, 6.07) is 0. The number of hydrogen-bond donors (Lipinski definition) is 1. The standard InChI is InChI=1S/C11H16N4OS/c1-7(2)3-4-9-14-10(16-15-9)5-8-6-17-11(12)13-8/h6-7H,3-5H2,1-2H3,(H2,12,13). The molecule has 0 unspecified atom stereocenters. The fraction of sp³-hybridized carbons (Fsp3) is 0.545. The average molecular weight is 252 g/mol. The number of aryl methyl sites for hydroxylation is 1. The normalized spacial score (nSPS) is 11.2. The van der Waals surface area contributed by atoms with Gasteiger partial charge in [0, 0.05) is 11.8 Å². The largest absolute Gasteiger partial charge is 0.375 e. The first-order valence-corrected chi connectivity index (χ1v) is 6.53. The third-order valence-electron chi connectivity index (χ3n) is 2.36. The highest BCUT2D eigenvalue weighted by Gasteiger charge is 2.09. The van der Waals surface area contributed by atoms with Crippen LogP contribution in [0.3, 0.4) is 0 Å². The van der Waals surface area contributed by atoms with Crippen LogP contribution in [0, 0.1) is 5.92 Å². The molecule has 0 fully saturated rings. The molecule has 92 valence electrons. The topological polar surface area (TPSA) is 77.8 Å². The van der Waals surface area contributed by atoms with E-state index in [1.807, 2.05) is 5.38 Å². The highest BCUT2D eigenvalue weighted by Crippen LogP contribution is 2.14. The molecular weight excluding hydrogens is 236 g/mol. The minimum atomic E-state index is 0.558. The summed E-state index contributed by atoms with van der Waals surface area (Å²) in [5.74, 6) is 2.03. The fourth-order valence-electron chi connectivity index (χ4n) is 1.44. The maximum atomic E-state index is 5.56. The summed E-state index contributed by atoms with van der Waals surface area (Å²) in [5.41, 5.74) is 6.44. The van der Waals surface area contributed by atoms with Gasteiger partial charge < -0.3 is 10.3 Å². The Labute approximate surface area is 104 Å². The number of nitrogens with zero attached hydrogens (tertiary/aromatic N) is 3. The van der Waals surface area contributed by atoms with Crippen molar-refractivity contribution in [2.45, 2.75) is 33.1 Å². The number of aromatic nitrogens is 3. The Morgan fingerprint density at radius 3 is 2.88 bits per heavy atom. The first-order chi connectivity index (χ1) is 8.13. The second kappa shape index (κ2) is 5.27. The van der Waals surface area contributed by atoms with Gasteiger partial charge in [0.25, 0.3) is 0 Å². The van der Waals surface area contributed by atoms with Gasteiger partial charge in [-0.3, -0.25) is 0 Å². The van der Waals surface area contributed by atoms with Gasteiger partial charge in [0.1, 0.15) is 0 Å². The van der Waals surface area contributed by atoms with Gasteiger partial charge in [-0.05, 0) is 12.3 Å².